The molecule has 2 rings (SSSR count). The molecule has 0 bridgehead atoms. The first-order valence-corrected chi connectivity index (χ1v) is 10.2. The molecule has 146 valence electrons. The van der Waals surface area contributed by atoms with Gasteiger partial charge in [-0.1, -0.05) is 29.3 Å². The summed E-state index contributed by atoms with van der Waals surface area (Å²) in [7, 11) is 0. The van der Waals surface area contributed by atoms with Gasteiger partial charge in [0.25, 0.3) is 5.91 Å². The molecule has 28 heavy (non-hydrogen) atoms. The highest BCUT2D eigenvalue weighted by Gasteiger charge is 2.23. The molecule has 1 N–H and O–H groups in total. The highest BCUT2D eigenvalue weighted by atomic mass is 35.5. The zero-order valence-electron chi connectivity index (χ0n) is 15.7. The van der Waals surface area contributed by atoms with Crippen LogP contribution in [0, 0.1) is 18.3 Å². The third-order valence-corrected chi connectivity index (χ3v) is 6.05. The summed E-state index contributed by atoms with van der Waals surface area (Å²) in [5.74, 6) is -0.554. The van der Waals surface area contributed by atoms with Crippen LogP contribution in [0.25, 0.3) is 6.08 Å². The zero-order chi connectivity index (χ0) is 20.8. The average Bonchev–Trinajstić information content (AvgIpc) is 2.98. The minimum Gasteiger partial charge on any atom is -0.338 e. The van der Waals surface area contributed by atoms with Crippen LogP contribution in [-0.4, -0.2) is 29.8 Å². The van der Waals surface area contributed by atoms with Gasteiger partial charge in [-0.05, 0) is 50.1 Å². The Morgan fingerprint density at radius 1 is 1.25 bits per heavy atom. The van der Waals surface area contributed by atoms with Gasteiger partial charge in [-0.2, -0.15) is 5.26 Å². The van der Waals surface area contributed by atoms with Gasteiger partial charge >= 0.3 is 0 Å². The molecule has 2 amide bonds. The van der Waals surface area contributed by atoms with Crippen molar-refractivity contribution in [2.45, 2.75) is 20.8 Å². The summed E-state index contributed by atoms with van der Waals surface area (Å²) in [6, 6.07) is 7.09. The van der Waals surface area contributed by atoms with E-state index in [4.69, 9.17) is 23.2 Å². The molecule has 0 aliphatic heterocycles. The Hall–Kier alpha value is -2.33. The van der Waals surface area contributed by atoms with E-state index >= 15 is 0 Å². The number of nitrogens with one attached hydrogen (secondary N) is 1. The van der Waals surface area contributed by atoms with E-state index in [1.54, 1.807) is 36.1 Å². The van der Waals surface area contributed by atoms with Gasteiger partial charge in [-0.15, -0.1) is 11.3 Å². The first-order valence-electron chi connectivity index (χ1n) is 8.59. The maximum atomic E-state index is 12.6. The maximum absolute atomic E-state index is 12.6. The molecule has 0 unspecified atom stereocenters. The van der Waals surface area contributed by atoms with Gasteiger partial charge in [0.05, 0.1) is 20.5 Å². The summed E-state index contributed by atoms with van der Waals surface area (Å²) in [5, 5.41) is 13.3. The van der Waals surface area contributed by atoms with Crippen molar-refractivity contribution >= 4 is 57.4 Å². The standard InChI is InChI=1S/C20H19Cl2N3O2S/c1-4-25(5-2)20(27)18-12(3)14(11-23)19(28-18)24-17(26)9-7-13-6-8-15(21)16(22)10-13/h6-10H,4-5H2,1-3H3,(H,24,26). The molecular formula is C20H19Cl2N3O2S. The second kappa shape index (κ2) is 9.74. The molecule has 0 fully saturated rings. The fraction of sp³-hybridized carbons (Fsp3) is 0.250. The Morgan fingerprint density at radius 3 is 2.50 bits per heavy atom. The lowest BCUT2D eigenvalue weighted by atomic mass is 10.1. The predicted molar refractivity (Wildman–Crippen MR) is 115 cm³/mol. The molecule has 0 saturated heterocycles. The van der Waals surface area contributed by atoms with Crippen LogP contribution in [0.15, 0.2) is 24.3 Å². The van der Waals surface area contributed by atoms with Gasteiger partial charge in [0.1, 0.15) is 11.1 Å². The summed E-state index contributed by atoms with van der Waals surface area (Å²) in [4.78, 5) is 27.1. The van der Waals surface area contributed by atoms with E-state index in [0.29, 0.717) is 49.7 Å². The normalized spacial score (nSPS) is 10.7. The third kappa shape index (κ3) is 4.93. The van der Waals surface area contributed by atoms with Gasteiger partial charge < -0.3 is 10.2 Å². The van der Waals surface area contributed by atoms with Crippen LogP contribution in [0.3, 0.4) is 0 Å². The van der Waals surface area contributed by atoms with Crippen LogP contribution in [0.1, 0.15) is 40.2 Å². The lowest BCUT2D eigenvalue weighted by Gasteiger charge is -2.17. The van der Waals surface area contributed by atoms with Crippen molar-refractivity contribution in [2.24, 2.45) is 0 Å². The van der Waals surface area contributed by atoms with Crippen molar-refractivity contribution in [2.75, 3.05) is 18.4 Å². The van der Waals surface area contributed by atoms with Crippen molar-refractivity contribution in [3.05, 3.63) is 55.9 Å². The van der Waals surface area contributed by atoms with Crippen molar-refractivity contribution in [1.29, 1.82) is 5.26 Å². The summed E-state index contributed by atoms with van der Waals surface area (Å²) in [6.07, 6.45) is 2.92. The smallest absolute Gasteiger partial charge is 0.264 e. The maximum Gasteiger partial charge on any atom is 0.264 e. The van der Waals surface area contributed by atoms with Gasteiger partial charge in [0.15, 0.2) is 0 Å². The van der Waals surface area contributed by atoms with E-state index in [2.05, 4.69) is 11.4 Å². The second-order valence-electron chi connectivity index (χ2n) is 5.85. The number of nitriles is 1. The number of hydrogen-bond donors (Lipinski definition) is 1. The average molecular weight is 436 g/mol. The Bertz CT molecular complexity index is 973. The van der Waals surface area contributed by atoms with Crippen LogP contribution >= 0.6 is 34.5 Å². The number of carbonyl (C=O) groups is 2. The number of benzene rings is 1. The van der Waals surface area contributed by atoms with E-state index < -0.39 is 5.91 Å². The molecule has 1 heterocycles. The number of anilines is 1. The van der Waals surface area contributed by atoms with E-state index in [1.165, 1.54) is 6.08 Å². The first kappa shape index (κ1) is 22.0. The first-order chi connectivity index (χ1) is 13.3. The van der Waals surface area contributed by atoms with Crippen LogP contribution in [0.4, 0.5) is 5.00 Å². The van der Waals surface area contributed by atoms with E-state index in [9.17, 15) is 14.9 Å². The number of thiophene rings is 1. The number of amides is 2. The SMILES string of the molecule is CCN(CC)C(=O)c1sc(NC(=O)C=Cc2ccc(Cl)c(Cl)c2)c(C#N)c1C. The van der Waals surface area contributed by atoms with Gasteiger partial charge in [-0.25, -0.2) is 0 Å². The highest BCUT2D eigenvalue weighted by molar-refractivity contribution is 7.18. The Balaban J connectivity index is 2.23. The Labute approximate surface area is 178 Å². The quantitative estimate of drug-likeness (QED) is 0.619. The van der Waals surface area contributed by atoms with Crippen molar-refractivity contribution < 1.29 is 9.59 Å². The Morgan fingerprint density at radius 2 is 1.93 bits per heavy atom. The zero-order valence-corrected chi connectivity index (χ0v) is 18.0. The summed E-state index contributed by atoms with van der Waals surface area (Å²) in [6.45, 7) is 6.65. The highest BCUT2D eigenvalue weighted by Crippen LogP contribution is 2.33. The molecule has 0 aliphatic rings. The summed E-state index contributed by atoms with van der Waals surface area (Å²) in [5.41, 5.74) is 1.59. The molecule has 0 saturated carbocycles. The van der Waals surface area contributed by atoms with Gasteiger partial charge in [0.2, 0.25) is 5.91 Å². The summed E-state index contributed by atoms with van der Waals surface area (Å²) < 4.78 is 0. The fourth-order valence-corrected chi connectivity index (χ4v) is 3.97. The predicted octanol–water partition coefficient (Wildman–Crippen LogP) is 5.37. The number of halogens is 2. The minimum absolute atomic E-state index is 0.143. The van der Waals surface area contributed by atoms with Crippen LogP contribution in [0.5, 0.6) is 0 Å². The molecule has 5 nitrogen and oxygen atoms in total. The summed E-state index contributed by atoms with van der Waals surface area (Å²) >= 11 is 12.9. The number of carbonyl (C=O) groups excluding carboxylic acids is 2. The molecule has 0 aliphatic carbocycles. The molecule has 1 aromatic carbocycles. The minimum atomic E-state index is -0.411. The monoisotopic (exact) mass is 435 g/mol. The lowest BCUT2D eigenvalue weighted by Crippen LogP contribution is -2.30. The van der Waals surface area contributed by atoms with Crippen molar-refractivity contribution in [3.63, 3.8) is 0 Å². The molecule has 0 radical (unpaired) electrons. The number of rotatable bonds is 6. The van der Waals surface area contributed by atoms with Gasteiger partial charge in [-0.3, -0.25) is 9.59 Å². The lowest BCUT2D eigenvalue weighted by molar-refractivity contribution is -0.111. The third-order valence-electron chi connectivity index (χ3n) is 4.11. The molecule has 2 aromatic rings. The Kier molecular flexibility index (Phi) is 7.64. The largest absolute Gasteiger partial charge is 0.338 e. The van der Waals surface area contributed by atoms with E-state index in [1.807, 2.05) is 13.8 Å². The molecular weight excluding hydrogens is 417 g/mol. The van der Waals surface area contributed by atoms with Crippen molar-refractivity contribution in [3.8, 4) is 6.07 Å². The fourth-order valence-electron chi connectivity index (χ4n) is 2.54. The second-order valence-corrected chi connectivity index (χ2v) is 7.68. The molecule has 1 aromatic heterocycles. The molecule has 0 spiro atoms. The van der Waals surface area contributed by atoms with Gasteiger partial charge in [0, 0.05) is 19.2 Å². The van der Waals surface area contributed by atoms with E-state index in [-0.39, 0.29) is 5.91 Å². The molecule has 0 atom stereocenters. The van der Waals surface area contributed by atoms with E-state index in [0.717, 1.165) is 11.3 Å². The number of hydrogen-bond acceptors (Lipinski definition) is 4. The van der Waals surface area contributed by atoms with Crippen LogP contribution in [0.2, 0.25) is 10.0 Å². The topological polar surface area (TPSA) is 73.2 Å². The van der Waals surface area contributed by atoms with Crippen LogP contribution < -0.4 is 5.32 Å². The van der Waals surface area contributed by atoms with Crippen LogP contribution in [-0.2, 0) is 4.79 Å². The van der Waals surface area contributed by atoms with Crippen molar-refractivity contribution in [1.82, 2.24) is 4.90 Å². The molecule has 8 heteroatoms. The number of nitrogens with zero attached hydrogens (tertiary/aromatic N) is 2.